The first-order chi connectivity index (χ1) is 10.6. The molecule has 1 fully saturated rings. The third kappa shape index (κ3) is 2.11. The molecule has 1 atom stereocenters. The number of aromatic nitrogens is 2. The van der Waals surface area contributed by atoms with Gasteiger partial charge in [-0.25, -0.2) is 4.98 Å². The number of carbonyl (C=O) groups is 1. The first-order valence-corrected chi connectivity index (χ1v) is 8.15. The highest BCUT2D eigenvalue weighted by Crippen LogP contribution is 2.30. The highest BCUT2D eigenvalue weighted by molar-refractivity contribution is 6.31. The maximum Gasteiger partial charge on any atom is 0.227 e. The molecule has 0 bridgehead atoms. The van der Waals surface area contributed by atoms with Gasteiger partial charge in [0.2, 0.25) is 5.91 Å². The Hall–Kier alpha value is -1.59. The molecule has 2 aromatic rings. The summed E-state index contributed by atoms with van der Waals surface area (Å²) in [6, 6.07) is 1.97. The third-order valence-electron chi connectivity index (χ3n) is 4.91. The molecule has 1 N–H and O–H groups in total. The molecule has 1 unspecified atom stereocenters. The second kappa shape index (κ2) is 5.25. The molecule has 2 aliphatic rings. The zero-order valence-corrected chi connectivity index (χ0v) is 13.4. The predicted molar refractivity (Wildman–Crippen MR) is 85.9 cm³/mol. The Morgan fingerprint density at radius 3 is 3.09 bits per heavy atom. The van der Waals surface area contributed by atoms with Crippen LogP contribution in [0.25, 0.3) is 11.0 Å². The summed E-state index contributed by atoms with van der Waals surface area (Å²) in [5, 5.41) is 5.03. The van der Waals surface area contributed by atoms with Crippen LogP contribution in [-0.4, -0.2) is 40.0 Å². The molecule has 0 radical (unpaired) electrons. The van der Waals surface area contributed by atoms with E-state index in [1.165, 1.54) is 11.3 Å². The molecule has 2 aliphatic heterocycles. The van der Waals surface area contributed by atoms with E-state index in [0.717, 1.165) is 43.6 Å². The number of amides is 1. The Morgan fingerprint density at radius 2 is 2.32 bits per heavy atom. The molecule has 0 spiro atoms. The maximum absolute atomic E-state index is 12.6. The molecular formula is C16H19ClN4O. The van der Waals surface area contributed by atoms with Gasteiger partial charge in [0.25, 0.3) is 0 Å². The maximum atomic E-state index is 12.6. The summed E-state index contributed by atoms with van der Waals surface area (Å²) < 4.78 is 2.23. The van der Waals surface area contributed by atoms with Crippen molar-refractivity contribution in [3.8, 4) is 0 Å². The molecule has 4 heterocycles. The van der Waals surface area contributed by atoms with E-state index in [1.807, 2.05) is 11.0 Å². The minimum Gasteiger partial charge on any atom is -0.335 e. The van der Waals surface area contributed by atoms with Crippen LogP contribution >= 0.6 is 11.6 Å². The summed E-state index contributed by atoms with van der Waals surface area (Å²) >= 11 is 6.08. The Balaban J connectivity index is 1.68. The molecule has 1 amide bonds. The second-order valence-corrected chi connectivity index (χ2v) is 6.63. The van der Waals surface area contributed by atoms with Crippen molar-refractivity contribution in [2.24, 2.45) is 5.92 Å². The van der Waals surface area contributed by atoms with Crippen molar-refractivity contribution in [1.82, 2.24) is 19.8 Å². The summed E-state index contributed by atoms with van der Waals surface area (Å²) in [5.74, 6) is 0.427. The van der Waals surface area contributed by atoms with Crippen LogP contribution in [0.2, 0.25) is 5.02 Å². The van der Waals surface area contributed by atoms with E-state index in [-0.39, 0.29) is 11.8 Å². The highest BCUT2D eigenvalue weighted by atomic mass is 35.5. The fourth-order valence-electron chi connectivity index (χ4n) is 3.65. The number of hydrogen-bond acceptors (Lipinski definition) is 3. The van der Waals surface area contributed by atoms with E-state index in [1.54, 1.807) is 6.20 Å². The van der Waals surface area contributed by atoms with Crippen molar-refractivity contribution in [2.45, 2.75) is 26.4 Å². The predicted octanol–water partition coefficient (Wildman–Crippen LogP) is 1.95. The molecule has 0 aromatic carbocycles. The molecule has 4 rings (SSSR count). The van der Waals surface area contributed by atoms with Crippen LogP contribution in [0.1, 0.15) is 17.7 Å². The standard InChI is InChI=1S/C16H19ClN4O/c1-10-13-6-12(17)8-19-15(13)21-5-4-20(9-14(10)21)16(22)11-2-3-18-7-11/h6,8,11,18H,2-5,7,9H2,1H3. The van der Waals surface area contributed by atoms with E-state index in [4.69, 9.17) is 11.6 Å². The van der Waals surface area contributed by atoms with Crippen LogP contribution < -0.4 is 5.32 Å². The molecule has 5 nitrogen and oxygen atoms in total. The minimum atomic E-state index is 0.142. The van der Waals surface area contributed by atoms with Crippen LogP contribution in [0.3, 0.4) is 0 Å². The van der Waals surface area contributed by atoms with Crippen LogP contribution in [0.4, 0.5) is 0 Å². The van der Waals surface area contributed by atoms with Gasteiger partial charge < -0.3 is 14.8 Å². The fourth-order valence-corrected chi connectivity index (χ4v) is 3.80. The lowest BCUT2D eigenvalue weighted by Gasteiger charge is -2.31. The molecule has 22 heavy (non-hydrogen) atoms. The number of nitrogens with one attached hydrogen (secondary N) is 1. The highest BCUT2D eigenvalue weighted by Gasteiger charge is 2.31. The molecule has 6 heteroatoms. The smallest absolute Gasteiger partial charge is 0.227 e. The monoisotopic (exact) mass is 318 g/mol. The fraction of sp³-hybridized carbons (Fsp3) is 0.500. The Bertz CT molecular complexity index is 748. The number of rotatable bonds is 1. The van der Waals surface area contributed by atoms with Gasteiger partial charge >= 0.3 is 0 Å². The molecule has 116 valence electrons. The number of pyridine rings is 1. The summed E-state index contributed by atoms with van der Waals surface area (Å²) in [6.45, 7) is 6.10. The second-order valence-electron chi connectivity index (χ2n) is 6.20. The van der Waals surface area contributed by atoms with E-state index in [0.29, 0.717) is 11.6 Å². The van der Waals surface area contributed by atoms with Crippen molar-refractivity contribution in [3.63, 3.8) is 0 Å². The van der Waals surface area contributed by atoms with Crippen molar-refractivity contribution in [2.75, 3.05) is 19.6 Å². The van der Waals surface area contributed by atoms with Gasteiger partial charge in [-0.1, -0.05) is 11.6 Å². The van der Waals surface area contributed by atoms with Gasteiger partial charge in [0.15, 0.2) is 0 Å². The summed E-state index contributed by atoms with van der Waals surface area (Å²) in [7, 11) is 0. The SMILES string of the molecule is Cc1c2n(c3ncc(Cl)cc13)CCN(C(=O)C1CCNC1)C2. The van der Waals surface area contributed by atoms with Crippen LogP contribution in [0, 0.1) is 12.8 Å². The Kier molecular flexibility index (Phi) is 3.35. The minimum absolute atomic E-state index is 0.142. The molecule has 2 aromatic heterocycles. The molecular weight excluding hydrogens is 300 g/mol. The van der Waals surface area contributed by atoms with Gasteiger partial charge in [-0.2, -0.15) is 0 Å². The van der Waals surface area contributed by atoms with E-state index >= 15 is 0 Å². The van der Waals surface area contributed by atoms with Gasteiger partial charge in [0.1, 0.15) is 5.65 Å². The number of fused-ring (bicyclic) bond motifs is 3. The zero-order valence-electron chi connectivity index (χ0n) is 12.6. The number of nitrogens with zero attached hydrogens (tertiary/aromatic N) is 3. The first-order valence-electron chi connectivity index (χ1n) is 7.78. The van der Waals surface area contributed by atoms with Gasteiger partial charge in [0.05, 0.1) is 17.5 Å². The van der Waals surface area contributed by atoms with E-state index < -0.39 is 0 Å². The molecule has 0 aliphatic carbocycles. The zero-order chi connectivity index (χ0) is 15.3. The molecule has 0 saturated carbocycles. The summed E-state index contributed by atoms with van der Waals surface area (Å²) in [6.07, 6.45) is 2.65. The first kappa shape index (κ1) is 14.0. The van der Waals surface area contributed by atoms with Gasteiger partial charge in [-0.15, -0.1) is 0 Å². The lowest BCUT2D eigenvalue weighted by molar-refractivity contribution is -0.136. The van der Waals surface area contributed by atoms with Crippen LogP contribution in [0.15, 0.2) is 12.3 Å². The summed E-state index contributed by atoms with van der Waals surface area (Å²) in [4.78, 5) is 19.1. The number of carbonyl (C=O) groups excluding carboxylic acids is 1. The lowest BCUT2D eigenvalue weighted by Crippen LogP contribution is -2.42. The van der Waals surface area contributed by atoms with E-state index in [9.17, 15) is 4.79 Å². The van der Waals surface area contributed by atoms with E-state index in [2.05, 4.69) is 21.8 Å². The van der Waals surface area contributed by atoms with Gasteiger partial charge in [-0.05, 0) is 31.5 Å². The van der Waals surface area contributed by atoms with Gasteiger partial charge in [-0.3, -0.25) is 4.79 Å². The van der Waals surface area contributed by atoms with Crippen molar-refractivity contribution in [3.05, 3.63) is 28.5 Å². The van der Waals surface area contributed by atoms with Crippen molar-refractivity contribution in [1.29, 1.82) is 0 Å². The van der Waals surface area contributed by atoms with Crippen molar-refractivity contribution < 1.29 is 4.79 Å². The lowest BCUT2D eigenvalue weighted by atomic mass is 10.1. The molecule has 1 saturated heterocycles. The average molecular weight is 319 g/mol. The number of aryl methyl sites for hydroxylation is 1. The van der Waals surface area contributed by atoms with Crippen LogP contribution in [-0.2, 0) is 17.9 Å². The number of hydrogen-bond donors (Lipinski definition) is 1. The Morgan fingerprint density at radius 1 is 1.45 bits per heavy atom. The quantitative estimate of drug-likeness (QED) is 0.874. The average Bonchev–Trinajstić information content (AvgIpc) is 3.15. The Labute approximate surface area is 134 Å². The topological polar surface area (TPSA) is 50.2 Å². The van der Waals surface area contributed by atoms with Crippen LogP contribution in [0.5, 0.6) is 0 Å². The number of halogens is 1. The summed E-state index contributed by atoms with van der Waals surface area (Å²) in [5.41, 5.74) is 3.36. The van der Waals surface area contributed by atoms with Gasteiger partial charge in [0, 0.05) is 36.9 Å². The normalized spacial score (nSPS) is 21.4. The third-order valence-corrected chi connectivity index (χ3v) is 5.11. The van der Waals surface area contributed by atoms with Crippen molar-refractivity contribution >= 4 is 28.5 Å². The largest absolute Gasteiger partial charge is 0.335 e.